The first-order valence-electron chi connectivity index (χ1n) is 6.05. The summed E-state index contributed by atoms with van der Waals surface area (Å²) in [6, 6.07) is 3.71. The Bertz CT molecular complexity index is 564. The summed E-state index contributed by atoms with van der Waals surface area (Å²) < 4.78 is 40.0. The molecule has 2 atom stereocenters. The molecule has 4 nitrogen and oxygen atoms in total. The zero-order valence-corrected chi connectivity index (χ0v) is 11.7. The lowest BCUT2D eigenvalue weighted by Crippen LogP contribution is -2.40. The molecule has 2 rings (SSSR count). The molecule has 7 heteroatoms. The van der Waals surface area contributed by atoms with E-state index >= 15 is 0 Å². The van der Waals surface area contributed by atoms with Gasteiger partial charge >= 0.3 is 0 Å². The summed E-state index contributed by atoms with van der Waals surface area (Å²) in [6.07, 6.45) is 1.48. The highest BCUT2D eigenvalue weighted by Crippen LogP contribution is 2.27. The van der Waals surface area contributed by atoms with Crippen molar-refractivity contribution in [2.45, 2.75) is 37.0 Å². The second-order valence-corrected chi connectivity index (χ2v) is 7.00. The molecule has 1 fully saturated rings. The molecule has 0 bridgehead atoms. The Morgan fingerprint density at radius 2 is 2.00 bits per heavy atom. The minimum atomic E-state index is -3.80. The Balaban J connectivity index is 2.20. The Morgan fingerprint density at radius 3 is 2.63 bits per heavy atom. The van der Waals surface area contributed by atoms with Gasteiger partial charge in [0, 0.05) is 5.02 Å². The van der Waals surface area contributed by atoms with Crippen molar-refractivity contribution in [1.29, 1.82) is 0 Å². The van der Waals surface area contributed by atoms with Crippen LogP contribution in [0.5, 0.6) is 0 Å². The topological polar surface area (TPSA) is 66.4 Å². The molecule has 0 radical (unpaired) electrons. The predicted octanol–water partition coefficient (Wildman–Crippen LogP) is 2.52. The van der Waals surface area contributed by atoms with Crippen LogP contribution in [0.25, 0.3) is 0 Å². The van der Waals surface area contributed by atoms with Crippen LogP contribution in [0, 0.1) is 5.82 Å². The van der Waals surface area contributed by atoms with Crippen LogP contribution in [0.1, 0.15) is 25.7 Å². The number of anilines is 1. The van der Waals surface area contributed by atoms with Gasteiger partial charge < -0.3 is 5.11 Å². The van der Waals surface area contributed by atoms with Crippen LogP contribution in [-0.2, 0) is 10.0 Å². The van der Waals surface area contributed by atoms with E-state index in [-0.39, 0.29) is 10.7 Å². The van der Waals surface area contributed by atoms with Gasteiger partial charge in [-0.15, -0.1) is 0 Å². The van der Waals surface area contributed by atoms with Crippen LogP contribution < -0.4 is 4.72 Å². The van der Waals surface area contributed by atoms with Crippen molar-refractivity contribution in [3.05, 3.63) is 29.0 Å². The molecule has 1 aliphatic carbocycles. The summed E-state index contributed by atoms with van der Waals surface area (Å²) >= 11 is 5.60. The average molecular weight is 308 g/mol. The molecule has 0 amide bonds. The molecule has 19 heavy (non-hydrogen) atoms. The van der Waals surface area contributed by atoms with Crippen LogP contribution in [0.15, 0.2) is 18.2 Å². The van der Waals surface area contributed by atoms with Gasteiger partial charge in [-0.3, -0.25) is 4.72 Å². The van der Waals surface area contributed by atoms with E-state index in [1.54, 1.807) is 0 Å². The lowest BCUT2D eigenvalue weighted by Gasteiger charge is -2.27. The van der Waals surface area contributed by atoms with E-state index in [4.69, 9.17) is 11.6 Å². The van der Waals surface area contributed by atoms with Crippen molar-refractivity contribution >= 4 is 27.3 Å². The van der Waals surface area contributed by atoms with Crippen LogP contribution in [0.2, 0.25) is 5.02 Å². The third kappa shape index (κ3) is 3.38. The highest BCUT2D eigenvalue weighted by molar-refractivity contribution is 7.93. The lowest BCUT2D eigenvalue weighted by atomic mass is 9.97. The first-order chi connectivity index (χ1) is 8.90. The monoisotopic (exact) mass is 307 g/mol. The van der Waals surface area contributed by atoms with E-state index in [2.05, 4.69) is 4.72 Å². The first kappa shape index (κ1) is 14.6. The molecule has 2 N–H and O–H groups in total. The third-order valence-corrected chi connectivity index (χ3v) is 5.34. The molecule has 106 valence electrons. The highest BCUT2D eigenvalue weighted by atomic mass is 35.5. The van der Waals surface area contributed by atoms with Crippen LogP contribution in [0.4, 0.5) is 10.1 Å². The van der Waals surface area contributed by atoms with Crippen LogP contribution in [0.3, 0.4) is 0 Å². The van der Waals surface area contributed by atoms with E-state index in [0.29, 0.717) is 12.8 Å². The summed E-state index contributed by atoms with van der Waals surface area (Å²) in [6.45, 7) is 0. The Hall–Kier alpha value is -0.850. The molecule has 0 aliphatic heterocycles. The van der Waals surface area contributed by atoms with Crippen molar-refractivity contribution in [3.8, 4) is 0 Å². The molecule has 1 aromatic rings. The highest BCUT2D eigenvalue weighted by Gasteiger charge is 2.34. The van der Waals surface area contributed by atoms with Gasteiger partial charge in [0.15, 0.2) is 0 Å². The Morgan fingerprint density at radius 1 is 1.32 bits per heavy atom. The van der Waals surface area contributed by atoms with Gasteiger partial charge in [0.2, 0.25) is 10.0 Å². The van der Waals surface area contributed by atoms with Crippen molar-refractivity contribution in [3.63, 3.8) is 0 Å². The van der Waals surface area contributed by atoms with Gasteiger partial charge in [-0.1, -0.05) is 24.4 Å². The van der Waals surface area contributed by atoms with E-state index in [1.165, 1.54) is 12.1 Å². The number of aliphatic hydroxyl groups excluding tert-OH is 1. The minimum Gasteiger partial charge on any atom is -0.392 e. The normalized spacial score (nSPS) is 24.2. The van der Waals surface area contributed by atoms with Gasteiger partial charge in [-0.2, -0.15) is 0 Å². The fraction of sp³-hybridized carbons (Fsp3) is 0.500. The number of nitrogens with one attached hydrogen (secondary N) is 1. The number of benzene rings is 1. The number of hydrogen-bond acceptors (Lipinski definition) is 3. The molecule has 1 aromatic carbocycles. The Labute approximate surface area is 116 Å². The third-order valence-electron chi connectivity index (χ3n) is 3.25. The molecule has 2 unspecified atom stereocenters. The molecule has 0 spiro atoms. The summed E-state index contributed by atoms with van der Waals surface area (Å²) in [5.41, 5.74) is -0.151. The molecule has 0 saturated heterocycles. The lowest BCUT2D eigenvalue weighted by molar-refractivity contribution is 0.133. The van der Waals surface area contributed by atoms with Crippen molar-refractivity contribution in [2.75, 3.05) is 4.72 Å². The number of aliphatic hydroxyl groups is 1. The molecule has 0 heterocycles. The summed E-state index contributed by atoms with van der Waals surface area (Å²) in [7, 11) is -3.80. The molecule has 1 saturated carbocycles. The van der Waals surface area contributed by atoms with Gasteiger partial charge in [0.05, 0.1) is 11.8 Å². The van der Waals surface area contributed by atoms with Crippen molar-refractivity contribution < 1.29 is 17.9 Å². The van der Waals surface area contributed by atoms with E-state index in [0.717, 1.165) is 18.9 Å². The average Bonchev–Trinajstić information content (AvgIpc) is 2.33. The molecule has 0 aromatic heterocycles. The molecular weight excluding hydrogens is 293 g/mol. The fourth-order valence-electron chi connectivity index (χ4n) is 2.24. The van der Waals surface area contributed by atoms with Crippen LogP contribution in [-0.4, -0.2) is 24.9 Å². The second kappa shape index (κ2) is 5.64. The summed E-state index contributed by atoms with van der Waals surface area (Å²) in [4.78, 5) is 0. The number of rotatable bonds is 3. The van der Waals surface area contributed by atoms with Gasteiger partial charge in [-0.05, 0) is 31.0 Å². The van der Waals surface area contributed by atoms with E-state index in [1.807, 2.05) is 0 Å². The number of hydrogen-bond donors (Lipinski definition) is 2. The molecular formula is C12H15ClFNO3S. The minimum absolute atomic E-state index is 0.151. The maximum atomic E-state index is 13.6. The summed E-state index contributed by atoms with van der Waals surface area (Å²) in [5, 5.41) is 9.06. The number of sulfonamides is 1. The summed E-state index contributed by atoms with van der Waals surface area (Å²) in [5.74, 6) is -0.735. The van der Waals surface area contributed by atoms with Crippen LogP contribution >= 0.6 is 11.6 Å². The predicted molar refractivity (Wildman–Crippen MR) is 72.2 cm³/mol. The quantitative estimate of drug-likeness (QED) is 0.902. The largest absolute Gasteiger partial charge is 0.392 e. The zero-order valence-electron chi connectivity index (χ0n) is 10.1. The van der Waals surface area contributed by atoms with E-state index < -0.39 is 27.2 Å². The maximum absolute atomic E-state index is 13.6. The van der Waals surface area contributed by atoms with Gasteiger partial charge in [-0.25, -0.2) is 12.8 Å². The fourth-order valence-corrected chi connectivity index (χ4v) is 4.05. The SMILES string of the molecule is O=S(=O)(Nc1ccc(Cl)cc1F)C1CCCCC1O. The van der Waals surface area contributed by atoms with E-state index in [9.17, 15) is 17.9 Å². The van der Waals surface area contributed by atoms with Crippen molar-refractivity contribution in [2.24, 2.45) is 0 Å². The smallest absolute Gasteiger partial charge is 0.238 e. The zero-order chi connectivity index (χ0) is 14.0. The van der Waals surface area contributed by atoms with Gasteiger partial charge in [0.1, 0.15) is 11.1 Å². The Kier molecular flexibility index (Phi) is 4.32. The maximum Gasteiger partial charge on any atom is 0.238 e. The van der Waals surface area contributed by atoms with Crippen molar-refractivity contribution in [1.82, 2.24) is 0 Å². The van der Waals surface area contributed by atoms with Gasteiger partial charge in [0.25, 0.3) is 0 Å². The number of halogens is 2. The standard InChI is InChI=1S/C12H15ClFNO3S/c13-8-5-6-10(9(14)7-8)15-19(17,18)12-4-2-1-3-11(12)16/h5-7,11-12,15-16H,1-4H2. The second-order valence-electron chi connectivity index (χ2n) is 4.66. The first-order valence-corrected chi connectivity index (χ1v) is 7.97. The molecule has 1 aliphatic rings.